The van der Waals surface area contributed by atoms with E-state index in [1.165, 1.54) is 11.8 Å². The highest BCUT2D eigenvalue weighted by Crippen LogP contribution is 2.20. The molecule has 1 aromatic carbocycles. The molecule has 0 aliphatic rings. The average Bonchev–Trinajstić information content (AvgIpc) is 2.64. The van der Waals surface area contributed by atoms with Gasteiger partial charge in [-0.05, 0) is 43.9 Å². The van der Waals surface area contributed by atoms with E-state index in [2.05, 4.69) is 40.1 Å². The van der Waals surface area contributed by atoms with E-state index < -0.39 is 0 Å². The number of nitrogens with zero attached hydrogens (tertiary/aromatic N) is 2. The Kier molecular flexibility index (Phi) is 8.98. The Morgan fingerprint density at radius 3 is 2.75 bits per heavy atom. The Morgan fingerprint density at radius 2 is 2.07 bits per heavy atom. The van der Waals surface area contributed by atoms with Gasteiger partial charge in [-0.2, -0.15) is 0 Å². The van der Waals surface area contributed by atoms with E-state index in [-0.39, 0.29) is 23.3 Å². The number of halogens is 1. The molecule has 0 bridgehead atoms. The minimum atomic E-state index is -0.128. The smallest absolute Gasteiger partial charge is 0.262 e. The second kappa shape index (κ2) is 11.0. The van der Waals surface area contributed by atoms with Crippen LogP contribution in [0, 0.1) is 5.92 Å². The summed E-state index contributed by atoms with van der Waals surface area (Å²) in [6.45, 7) is 7.15. The van der Waals surface area contributed by atoms with E-state index >= 15 is 0 Å². The van der Waals surface area contributed by atoms with Crippen LogP contribution < -0.4 is 10.9 Å². The summed E-state index contributed by atoms with van der Waals surface area (Å²) in [4.78, 5) is 29.8. The Bertz CT molecular complexity index is 870. The van der Waals surface area contributed by atoms with Gasteiger partial charge in [-0.1, -0.05) is 41.5 Å². The Hall–Kier alpha value is -1.38. The summed E-state index contributed by atoms with van der Waals surface area (Å²) in [5, 5.41) is 4.09. The molecule has 0 unspecified atom stereocenters. The van der Waals surface area contributed by atoms with Crippen molar-refractivity contribution in [1.82, 2.24) is 14.9 Å². The summed E-state index contributed by atoms with van der Waals surface area (Å²) in [6.07, 6.45) is 2.03. The van der Waals surface area contributed by atoms with Gasteiger partial charge in [-0.25, -0.2) is 4.98 Å². The molecule has 0 radical (unpaired) electrons. The van der Waals surface area contributed by atoms with Gasteiger partial charge in [0.2, 0.25) is 5.91 Å². The molecule has 1 heterocycles. The van der Waals surface area contributed by atoms with Crippen LogP contribution in [0.2, 0.25) is 0 Å². The van der Waals surface area contributed by atoms with Gasteiger partial charge < -0.3 is 10.1 Å². The third-order valence-corrected chi connectivity index (χ3v) is 5.79. The van der Waals surface area contributed by atoms with E-state index in [9.17, 15) is 9.59 Å². The molecule has 2 aromatic rings. The van der Waals surface area contributed by atoms with E-state index in [0.29, 0.717) is 35.1 Å². The number of aromatic nitrogens is 2. The predicted molar refractivity (Wildman–Crippen MR) is 118 cm³/mol. The van der Waals surface area contributed by atoms with Gasteiger partial charge >= 0.3 is 0 Å². The molecule has 0 saturated carbocycles. The number of carbonyl (C=O) groups is 1. The van der Waals surface area contributed by atoms with Crippen molar-refractivity contribution in [3.8, 4) is 0 Å². The average molecular weight is 470 g/mol. The summed E-state index contributed by atoms with van der Waals surface area (Å²) in [6, 6.07) is 5.56. The second-order valence-corrected chi connectivity index (χ2v) is 9.09. The van der Waals surface area contributed by atoms with Crippen molar-refractivity contribution in [3.63, 3.8) is 0 Å². The van der Waals surface area contributed by atoms with Crippen LogP contribution in [0.4, 0.5) is 0 Å². The molecule has 2 rings (SSSR count). The number of benzene rings is 1. The lowest BCUT2D eigenvalue weighted by atomic mass is 10.0. The van der Waals surface area contributed by atoms with Gasteiger partial charge in [0, 0.05) is 17.6 Å². The maximum atomic E-state index is 12.9. The lowest BCUT2D eigenvalue weighted by Crippen LogP contribution is -2.34. The van der Waals surface area contributed by atoms with Crippen molar-refractivity contribution in [2.45, 2.75) is 51.4 Å². The number of methoxy groups -OCH3 is 1. The molecule has 6 nitrogen and oxygen atoms in total. The molecule has 1 amide bonds. The molecule has 0 aliphatic heterocycles. The van der Waals surface area contributed by atoms with Crippen molar-refractivity contribution in [3.05, 3.63) is 33.0 Å². The van der Waals surface area contributed by atoms with Crippen LogP contribution in [0.25, 0.3) is 10.9 Å². The number of carbonyl (C=O) groups excluding carboxylic acids is 1. The van der Waals surface area contributed by atoms with Gasteiger partial charge in [-0.3, -0.25) is 14.2 Å². The fourth-order valence-corrected chi connectivity index (χ4v) is 3.96. The van der Waals surface area contributed by atoms with Crippen LogP contribution in [-0.2, 0) is 16.1 Å². The zero-order valence-corrected chi connectivity index (χ0v) is 19.2. The number of hydrogen-bond donors (Lipinski definition) is 1. The van der Waals surface area contributed by atoms with E-state index in [4.69, 9.17) is 4.74 Å². The molecule has 154 valence electrons. The standard InChI is InChI=1S/C20H28BrN3O3S/c1-13(2)5-6-14(3)22-18(25)12-28-20-23-17-8-7-15(21)11-16(17)19(26)24(20)9-10-27-4/h7-8,11,13-14H,5-6,9-10,12H2,1-4H3,(H,22,25)/t14-/m0/s1. The van der Waals surface area contributed by atoms with Crippen LogP contribution >= 0.6 is 27.7 Å². The van der Waals surface area contributed by atoms with Crippen molar-refractivity contribution in [2.24, 2.45) is 5.92 Å². The molecule has 1 N–H and O–H groups in total. The number of ether oxygens (including phenoxy) is 1. The fourth-order valence-electron chi connectivity index (χ4n) is 2.76. The number of thioether (sulfide) groups is 1. The summed E-state index contributed by atoms with van der Waals surface area (Å²) in [5.41, 5.74) is 0.492. The van der Waals surface area contributed by atoms with Gasteiger partial charge in [0.1, 0.15) is 0 Å². The van der Waals surface area contributed by atoms with Crippen LogP contribution in [0.5, 0.6) is 0 Å². The molecule has 28 heavy (non-hydrogen) atoms. The lowest BCUT2D eigenvalue weighted by molar-refractivity contribution is -0.119. The minimum absolute atomic E-state index is 0.0512. The van der Waals surface area contributed by atoms with E-state index in [0.717, 1.165) is 17.3 Å². The van der Waals surface area contributed by atoms with Crippen LogP contribution in [0.3, 0.4) is 0 Å². The zero-order valence-electron chi connectivity index (χ0n) is 16.8. The molecule has 0 saturated heterocycles. The maximum absolute atomic E-state index is 12.9. The third kappa shape index (κ3) is 6.60. The van der Waals surface area contributed by atoms with Crippen LogP contribution in [0.15, 0.2) is 32.6 Å². The first kappa shape index (κ1) is 22.9. The Morgan fingerprint density at radius 1 is 1.32 bits per heavy atom. The van der Waals surface area contributed by atoms with Crippen molar-refractivity contribution >= 4 is 44.5 Å². The van der Waals surface area contributed by atoms with Gasteiger partial charge in [0.15, 0.2) is 5.16 Å². The van der Waals surface area contributed by atoms with Gasteiger partial charge in [0.05, 0.1) is 29.8 Å². The maximum Gasteiger partial charge on any atom is 0.262 e. The first-order chi connectivity index (χ1) is 13.3. The molecule has 0 aliphatic carbocycles. The normalized spacial score (nSPS) is 12.5. The highest BCUT2D eigenvalue weighted by Gasteiger charge is 2.15. The quantitative estimate of drug-likeness (QED) is 0.422. The molecular weight excluding hydrogens is 442 g/mol. The van der Waals surface area contributed by atoms with Crippen molar-refractivity contribution in [1.29, 1.82) is 0 Å². The summed E-state index contributed by atoms with van der Waals surface area (Å²) >= 11 is 4.68. The summed E-state index contributed by atoms with van der Waals surface area (Å²) < 4.78 is 7.54. The highest BCUT2D eigenvalue weighted by molar-refractivity contribution is 9.10. The zero-order chi connectivity index (χ0) is 20.7. The minimum Gasteiger partial charge on any atom is -0.383 e. The number of nitrogens with one attached hydrogen (secondary N) is 1. The largest absolute Gasteiger partial charge is 0.383 e. The lowest BCUT2D eigenvalue weighted by Gasteiger charge is -2.16. The van der Waals surface area contributed by atoms with Gasteiger partial charge in [0.25, 0.3) is 5.56 Å². The predicted octanol–water partition coefficient (Wildman–Crippen LogP) is 3.84. The summed E-state index contributed by atoms with van der Waals surface area (Å²) in [5.74, 6) is 0.781. The first-order valence-electron chi connectivity index (χ1n) is 9.43. The van der Waals surface area contributed by atoms with Crippen LogP contribution in [-0.4, -0.2) is 41.0 Å². The monoisotopic (exact) mass is 469 g/mol. The second-order valence-electron chi connectivity index (χ2n) is 7.23. The fraction of sp³-hybridized carbons (Fsp3) is 0.550. The molecule has 1 atom stereocenters. The molecule has 1 aromatic heterocycles. The van der Waals surface area contributed by atoms with E-state index in [1.807, 2.05) is 13.0 Å². The third-order valence-electron chi connectivity index (χ3n) is 4.32. The topological polar surface area (TPSA) is 73.2 Å². The van der Waals surface area contributed by atoms with Crippen LogP contribution in [0.1, 0.15) is 33.6 Å². The number of fused-ring (bicyclic) bond motifs is 1. The number of amides is 1. The van der Waals surface area contributed by atoms with Gasteiger partial charge in [-0.15, -0.1) is 0 Å². The van der Waals surface area contributed by atoms with Crippen molar-refractivity contribution in [2.75, 3.05) is 19.5 Å². The molecule has 0 spiro atoms. The number of rotatable bonds is 10. The highest BCUT2D eigenvalue weighted by atomic mass is 79.9. The number of hydrogen-bond acceptors (Lipinski definition) is 5. The first-order valence-corrected chi connectivity index (χ1v) is 11.2. The molecule has 0 fully saturated rings. The molecule has 8 heteroatoms. The Balaban J connectivity index is 2.15. The van der Waals surface area contributed by atoms with Crippen molar-refractivity contribution < 1.29 is 9.53 Å². The molecular formula is C20H28BrN3O3S. The van der Waals surface area contributed by atoms with E-state index in [1.54, 1.807) is 23.8 Å². The SMILES string of the molecule is COCCn1c(SCC(=O)N[C@@H](C)CCC(C)C)nc2ccc(Br)cc2c1=O. The Labute approximate surface area is 178 Å². The summed E-state index contributed by atoms with van der Waals surface area (Å²) in [7, 11) is 1.59.